The Morgan fingerprint density at radius 2 is 2.25 bits per heavy atom. The average molecular weight is 284 g/mol. The van der Waals surface area contributed by atoms with E-state index in [1.807, 2.05) is 24.3 Å². The molecule has 0 radical (unpaired) electrons. The molecule has 0 spiro atoms. The van der Waals surface area contributed by atoms with E-state index in [0.717, 1.165) is 16.5 Å². The minimum absolute atomic E-state index is 0.0625. The standard InChI is InChI=1S/C13H18BrNO/c1-8-5-11(8)13(16)12(7-15)9-3-2-4-10(14)6-9/h2-4,6,8,11-13,16H,5,7,15H2,1H3. The second-order valence-electron chi connectivity index (χ2n) is 4.76. The van der Waals surface area contributed by atoms with Crippen molar-refractivity contribution in [2.24, 2.45) is 17.6 Å². The molecule has 0 saturated heterocycles. The molecule has 3 N–H and O–H groups in total. The predicted molar refractivity (Wildman–Crippen MR) is 69.2 cm³/mol. The average Bonchev–Trinajstić information content (AvgIpc) is 2.96. The second-order valence-corrected chi connectivity index (χ2v) is 5.68. The summed E-state index contributed by atoms with van der Waals surface area (Å²) in [6.07, 6.45) is 0.834. The highest BCUT2D eigenvalue weighted by molar-refractivity contribution is 9.10. The van der Waals surface area contributed by atoms with E-state index in [9.17, 15) is 5.11 Å². The van der Waals surface area contributed by atoms with Crippen molar-refractivity contribution in [2.45, 2.75) is 25.4 Å². The van der Waals surface area contributed by atoms with Crippen molar-refractivity contribution in [1.29, 1.82) is 0 Å². The Hall–Kier alpha value is -0.380. The quantitative estimate of drug-likeness (QED) is 0.892. The number of rotatable bonds is 4. The van der Waals surface area contributed by atoms with Crippen LogP contribution in [0.3, 0.4) is 0 Å². The zero-order valence-corrected chi connectivity index (χ0v) is 11.0. The van der Waals surface area contributed by atoms with Crippen molar-refractivity contribution in [3.8, 4) is 0 Å². The molecule has 0 bridgehead atoms. The van der Waals surface area contributed by atoms with Gasteiger partial charge in [-0.1, -0.05) is 35.0 Å². The summed E-state index contributed by atoms with van der Waals surface area (Å²) in [6.45, 7) is 2.68. The van der Waals surface area contributed by atoms with Gasteiger partial charge in [0, 0.05) is 16.9 Å². The molecule has 4 unspecified atom stereocenters. The third-order valence-electron chi connectivity index (χ3n) is 3.55. The van der Waals surface area contributed by atoms with E-state index in [4.69, 9.17) is 5.73 Å². The zero-order chi connectivity index (χ0) is 11.7. The highest BCUT2D eigenvalue weighted by atomic mass is 79.9. The summed E-state index contributed by atoms with van der Waals surface area (Å²) < 4.78 is 1.04. The minimum Gasteiger partial charge on any atom is -0.392 e. The van der Waals surface area contributed by atoms with Crippen LogP contribution in [-0.2, 0) is 0 Å². The predicted octanol–water partition coefficient (Wildman–Crippen LogP) is 2.51. The summed E-state index contributed by atoms with van der Waals surface area (Å²) in [5.41, 5.74) is 6.92. The van der Waals surface area contributed by atoms with Crippen molar-refractivity contribution in [2.75, 3.05) is 6.54 Å². The maximum Gasteiger partial charge on any atom is 0.0651 e. The Bertz CT molecular complexity index is 369. The van der Waals surface area contributed by atoms with Crippen LogP contribution in [0.5, 0.6) is 0 Å². The molecule has 3 heteroatoms. The summed E-state index contributed by atoms with van der Waals surface area (Å²) >= 11 is 3.45. The van der Waals surface area contributed by atoms with Crippen LogP contribution in [0, 0.1) is 11.8 Å². The highest BCUT2D eigenvalue weighted by Crippen LogP contribution is 2.44. The Balaban J connectivity index is 2.15. The second kappa shape index (κ2) is 4.86. The van der Waals surface area contributed by atoms with Crippen LogP contribution in [-0.4, -0.2) is 17.8 Å². The number of hydrogen-bond donors (Lipinski definition) is 2. The third kappa shape index (κ3) is 2.47. The fourth-order valence-electron chi connectivity index (χ4n) is 2.34. The largest absolute Gasteiger partial charge is 0.392 e. The SMILES string of the molecule is CC1CC1C(O)C(CN)c1cccc(Br)c1. The number of hydrogen-bond acceptors (Lipinski definition) is 2. The van der Waals surface area contributed by atoms with E-state index in [1.165, 1.54) is 0 Å². The molecule has 0 heterocycles. The first-order valence-electron chi connectivity index (χ1n) is 5.77. The molecular weight excluding hydrogens is 266 g/mol. The lowest BCUT2D eigenvalue weighted by molar-refractivity contribution is 0.118. The number of benzene rings is 1. The summed E-state index contributed by atoms with van der Waals surface area (Å²) in [4.78, 5) is 0. The van der Waals surface area contributed by atoms with Crippen molar-refractivity contribution in [3.05, 3.63) is 34.3 Å². The molecule has 1 aromatic rings. The summed E-state index contributed by atoms with van der Waals surface area (Å²) in [7, 11) is 0. The molecule has 0 aliphatic heterocycles. The first kappa shape index (κ1) is 12.1. The molecule has 88 valence electrons. The first-order chi connectivity index (χ1) is 7.63. The van der Waals surface area contributed by atoms with Crippen molar-refractivity contribution < 1.29 is 5.11 Å². The van der Waals surface area contributed by atoms with Crippen LogP contribution >= 0.6 is 15.9 Å². The molecule has 2 nitrogen and oxygen atoms in total. The smallest absolute Gasteiger partial charge is 0.0651 e. The lowest BCUT2D eigenvalue weighted by atomic mass is 9.90. The van der Waals surface area contributed by atoms with Crippen molar-refractivity contribution >= 4 is 15.9 Å². The van der Waals surface area contributed by atoms with E-state index in [-0.39, 0.29) is 12.0 Å². The van der Waals surface area contributed by atoms with Crippen LogP contribution in [0.1, 0.15) is 24.8 Å². The fraction of sp³-hybridized carbons (Fsp3) is 0.538. The maximum absolute atomic E-state index is 10.3. The van der Waals surface area contributed by atoms with Gasteiger partial charge in [-0.25, -0.2) is 0 Å². The molecule has 2 rings (SSSR count). The van der Waals surface area contributed by atoms with E-state index < -0.39 is 0 Å². The van der Waals surface area contributed by atoms with E-state index in [2.05, 4.69) is 22.9 Å². The van der Waals surface area contributed by atoms with E-state index >= 15 is 0 Å². The molecule has 4 atom stereocenters. The molecule has 1 saturated carbocycles. The Kier molecular flexibility index (Phi) is 3.67. The molecule has 1 aliphatic carbocycles. The first-order valence-corrected chi connectivity index (χ1v) is 6.56. The van der Waals surface area contributed by atoms with E-state index in [0.29, 0.717) is 18.4 Å². The topological polar surface area (TPSA) is 46.2 Å². The monoisotopic (exact) mass is 283 g/mol. The van der Waals surface area contributed by atoms with E-state index in [1.54, 1.807) is 0 Å². The van der Waals surface area contributed by atoms with Gasteiger partial charge in [-0.3, -0.25) is 0 Å². The van der Waals surface area contributed by atoms with Gasteiger partial charge in [0.1, 0.15) is 0 Å². The van der Waals surface area contributed by atoms with Crippen LogP contribution < -0.4 is 5.73 Å². The fourth-order valence-corrected chi connectivity index (χ4v) is 2.75. The highest BCUT2D eigenvalue weighted by Gasteiger charge is 2.42. The van der Waals surface area contributed by atoms with Crippen molar-refractivity contribution in [3.63, 3.8) is 0 Å². The zero-order valence-electron chi connectivity index (χ0n) is 9.44. The van der Waals surface area contributed by atoms with Gasteiger partial charge in [0.2, 0.25) is 0 Å². The number of aliphatic hydroxyl groups is 1. The van der Waals surface area contributed by atoms with Crippen LogP contribution in [0.4, 0.5) is 0 Å². The van der Waals surface area contributed by atoms with Crippen LogP contribution in [0.2, 0.25) is 0 Å². The van der Waals surface area contributed by atoms with Gasteiger partial charge in [0.15, 0.2) is 0 Å². The van der Waals surface area contributed by atoms with Gasteiger partial charge >= 0.3 is 0 Å². The van der Waals surface area contributed by atoms with Gasteiger partial charge in [0.05, 0.1) is 6.10 Å². The van der Waals surface area contributed by atoms with Gasteiger partial charge in [0.25, 0.3) is 0 Å². The van der Waals surface area contributed by atoms with Crippen LogP contribution in [0.25, 0.3) is 0 Å². The van der Waals surface area contributed by atoms with Gasteiger partial charge in [-0.05, 0) is 36.0 Å². The molecule has 0 amide bonds. The number of aliphatic hydroxyl groups excluding tert-OH is 1. The van der Waals surface area contributed by atoms with Gasteiger partial charge < -0.3 is 10.8 Å². The molecule has 0 aromatic heterocycles. The summed E-state index contributed by atoms with van der Waals surface area (Å²) in [5, 5.41) is 10.3. The number of nitrogens with two attached hydrogens (primary N) is 1. The van der Waals surface area contributed by atoms with Gasteiger partial charge in [-0.15, -0.1) is 0 Å². The summed E-state index contributed by atoms with van der Waals surface area (Å²) in [5.74, 6) is 1.15. The lowest BCUT2D eigenvalue weighted by Crippen LogP contribution is -2.28. The molecule has 1 aliphatic rings. The van der Waals surface area contributed by atoms with Crippen LogP contribution in [0.15, 0.2) is 28.7 Å². The van der Waals surface area contributed by atoms with Gasteiger partial charge in [-0.2, -0.15) is 0 Å². The summed E-state index contributed by atoms with van der Waals surface area (Å²) in [6, 6.07) is 8.07. The molecule has 16 heavy (non-hydrogen) atoms. The lowest BCUT2D eigenvalue weighted by Gasteiger charge is -2.22. The molecule has 1 fully saturated rings. The Labute approximate surface area is 105 Å². The molecule has 1 aromatic carbocycles. The molecular formula is C13H18BrNO. The minimum atomic E-state index is -0.297. The number of halogens is 1. The normalized spacial score (nSPS) is 27.5. The third-order valence-corrected chi connectivity index (χ3v) is 4.05. The van der Waals surface area contributed by atoms with Crippen molar-refractivity contribution in [1.82, 2.24) is 0 Å². The Morgan fingerprint density at radius 1 is 1.56 bits per heavy atom. The maximum atomic E-state index is 10.3. The Morgan fingerprint density at radius 3 is 2.75 bits per heavy atom.